The molecule has 4 N–H and O–H groups in total. The van der Waals surface area contributed by atoms with Crippen LogP contribution in [0.5, 0.6) is 0 Å². The van der Waals surface area contributed by atoms with E-state index in [1.54, 1.807) is 75.1 Å². The number of nitrogens with one attached hydrogen (secondary N) is 2. The van der Waals surface area contributed by atoms with Crippen molar-refractivity contribution >= 4 is 44.4 Å². The number of hydrogen-bond acceptors (Lipinski definition) is 6. The van der Waals surface area contributed by atoms with E-state index in [4.69, 9.17) is 10.5 Å². The molecule has 0 spiro atoms. The van der Waals surface area contributed by atoms with Crippen LogP contribution >= 0.6 is 0 Å². The van der Waals surface area contributed by atoms with Gasteiger partial charge in [-0.3, -0.25) is 9.59 Å². The highest BCUT2D eigenvalue weighted by Crippen LogP contribution is 2.32. The number of anilines is 1. The Morgan fingerprint density at radius 1 is 1.00 bits per heavy atom. The van der Waals surface area contributed by atoms with Crippen LogP contribution in [-0.4, -0.2) is 56.5 Å². The average molecular weight is 609 g/mol. The molecule has 1 saturated heterocycles. The molecule has 3 atom stereocenters. The van der Waals surface area contributed by atoms with Crippen molar-refractivity contribution < 1.29 is 27.5 Å². The summed E-state index contributed by atoms with van der Waals surface area (Å²) in [5.41, 5.74) is 6.44. The van der Waals surface area contributed by atoms with Gasteiger partial charge in [0.2, 0.25) is 10.0 Å². The van der Waals surface area contributed by atoms with Gasteiger partial charge in [-0.25, -0.2) is 17.9 Å². The topological polar surface area (TPSA) is 148 Å². The highest BCUT2D eigenvalue weighted by molar-refractivity contribution is 7.89. The van der Waals surface area contributed by atoms with Crippen molar-refractivity contribution in [1.82, 2.24) is 9.62 Å². The van der Waals surface area contributed by atoms with E-state index in [0.29, 0.717) is 41.5 Å². The SMILES string of the molecule is Cc1ccccc1C(=O)Nc1ccc(S(=O)(=O)NC(C)C2CCCN(C(=O)C(OC(N)=O)C(C)(C)C)C2)c2ccccc12. The summed E-state index contributed by atoms with van der Waals surface area (Å²) >= 11 is 0. The second-order valence-electron chi connectivity index (χ2n) is 12.2. The Bertz CT molecular complexity index is 1630. The summed E-state index contributed by atoms with van der Waals surface area (Å²) in [5.74, 6) is -0.794. The van der Waals surface area contributed by atoms with E-state index in [1.165, 1.54) is 6.07 Å². The van der Waals surface area contributed by atoms with Gasteiger partial charge in [0.15, 0.2) is 6.10 Å². The van der Waals surface area contributed by atoms with Crippen LogP contribution in [0, 0.1) is 18.3 Å². The third kappa shape index (κ3) is 7.34. The molecule has 1 heterocycles. The molecule has 3 aromatic carbocycles. The summed E-state index contributed by atoms with van der Waals surface area (Å²) < 4.78 is 35.4. The molecule has 230 valence electrons. The lowest BCUT2D eigenvalue weighted by Gasteiger charge is -2.39. The third-order valence-corrected chi connectivity index (χ3v) is 9.49. The van der Waals surface area contributed by atoms with Gasteiger partial charge in [-0.05, 0) is 56.4 Å². The van der Waals surface area contributed by atoms with E-state index < -0.39 is 33.7 Å². The first kappa shape index (κ1) is 32.0. The molecule has 0 aromatic heterocycles. The number of nitrogens with two attached hydrogens (primary N) is 1. The van der Waals surface area contributed by atoms with Crippen molar-refractivity contribution in [2.75, 3.05) is 18.4 Å². The Hall–Kier alpha value is -3.96. The number of sulfonamides is 1. The fourth-order valence-electron chi connectivity index (χ4n) is 5.53. The molecular weight excluding hydrogens is 568 g/mol. The molecule has 1 fully saturated rings. The van der Waals surface area contributed by atoms with Gasteiger partial charge in [0.25, 0.3) is 11.8 Å². The fraction of sp³-hybridized carbons (Fsp3) is 0.406. The predicted octanol–water partition coefficient (Wildman–Crippen LogP) is 4.82. The van der Waals surface area contributed by atoms with E-state index >= 15 is 0 Å². The van der Waals surface area contributed by atoms with Gasteiger partial charge < -0.3 is 20.7 Å². The lowest BCUT2D eigenvalue weighted by atomic mass is 9.86. The summed E-state index contributed by atoms with van der Waals surface area (Å²) in [7, 11) is -3.98. The number of piperidine rings is 1. The molecule has 0 radical (unpaired) electrons. The van der Waals surface area contributed by atoms with E-state index in [-0.39, 0.29) is 22.6 Å². The molecule has 3 amide bonds. The number of ether oxygens (including phenoxy) is 1. The Morgan fingerprint density at radius 2 is 1.65 bits per heavy atom. The predicted molar refractivity (Wildman–Crippen MR) is 166 cm³/mol. The third-order valence-electron chi connectivity index (χ3n) is 7.87. The quantitative estimate of drug-likeness (QED) is 0.334. The van der Waals surface area contributed by atoms with Gasteiger partial charge in [0.05, 0.1) is 4.90 Å². The molecule has 1 aliphatic heterocycles. The number of nitrogens with zero attached hydrogens (tertiary/aromatic N) is 1. The molecule has 0 bridgehead atoms. The molecule has 4 rings (SSSR count). The van der Waals surface area contributed by atoms with Crippen molar-refractivity contribution in [3.8, 4) is 0 Å². The van der Waals surface area contributed by atoms with Gasteiger partial charge in [-0.1, -0.05) is 63.2 Å². The summed E-state index contributed by atoms with van der Waals surface area (Å²) in [6.45, 7) is 9.80. The minimum atomic E-state index is -3.98. The van der Waals surface area contributed by atoms with Crippen molar-refractivity contribution in [2.45, 2.75) is 64.5 Å². The van der Waals surface area contributed by atoms with Crippen LogP contribution in [-0.2, 0) is 19.6 Å². The molecule has 1 aliphatic rings. The molecule has 3 unspecified atom stereocenters. The number of fused-ring (bicyclic) bond motifs is 1. The molecule has 10 nitrogen and oxygen atoms in total. The molecule has 43 heavy (non-hydrogen) atoms. The minimum Gasteiger partial charge on any atom is -0.436 e. The average Bonchev–Trinajstić information content (AvgIpc) is 2.95. The van der Waals surface area contributed by atoms with Crippen molar-refractivity contribution in [3.05, 3.63) is 71.8 Å². The van der Waals surface area contributed by atoms with Gasteiger partial charge in [0.1, 0.15) is 0 Å². The second-order valence-corrected chi connectivity index (χ2v) is 13.9. The van der Waals surface area contributed by atoms with Crippen LogP contribution in [0.25, 0.3) is 10.8 Å². The van der Waals surface area contributed by atoms with Crippen LogP contribution < -0.4 is 15.8 Å². The number of primary amides is 1. The van der Waals surface area contributed by atoms with Crippen LogP contribution in [0.2, 0.25) is 0 Å². The number of amides is 3. The van der Waals surface area contributed by atoms with E-state index in [2.05, 4.69) is 10.0 Å². The summed E-state index contributed by atoms with van der Waals surface area (Å²) in [5, 5.41) is 4.00. The lowest BCUT2D eigenvalue weighted by Crippen LogP contribution is -2.53. The Labute approximate surface area is 253 Å². The Morgan fingerprint density at radius 3 is 2.30 bits per heavy atom. The van der Waals surface area contributed by atoms with Gasteiger partial charge in [-0.2, -0.15) is 0 Å². The van der Waals surface area contributed by atoms with Crippen LogP contribution in [0.1, 0.15) is 56.5 Å². The monoisotopic (exact) mass is 608 g/mol. The lowest BCUT2D eigenvalue weighted by molar-refractivity contribution is -0.147. The molecule has 0 aliphatic carbocycles. The maximum absolute atomic E-state index is 13.7. The zero-order valence-corrected chi connectivity index (χ0v) is 26.0. The minimum absolute atomic E-state index is 0.0928. The van der Waals surface area contributed by atoms with Crippen LogP contribution in [0.4, 0.5) is 10.5 Å². The number of hydrogen-bond donors (Lipinski definition) is 3. The Kier molecular flexibility index (Phi) is 9.46. The van der Waals surface area contributed by atoms with Crippen LogP contribution in [0.15, 0.2) is 65.6 Å². The number of likely N-dealkylation sites (tertiary alicyclic amines) is 1. The first-order valence-corrected chi connectivity index (χ1v) is 15.8. The highest BCUT2D eigenvalue weighted by Gasteiger charge is 2.40. The summed E-state index contributed by atoms with van der Waals surface area (Å²) in [6.07, 6.45) is -0.675. The molecule has 0 saturated carbocycles. The van der Waals surface area contributed by atoms with Crippen molar-refractivity contribution in [1.29, 1.82) is 0 Å². The second kappa shape index (κ2) is 12.7. The maximum atomic E-state index is 13.7. The molecule has 11 heteroatoms. The number of carbonyl (C=O) groups is 3. The summed E-state index contributed by atoms with van der Waals surface area (Å²) in [4.78, 5) is 39.5. The highest BCUT2D eigenvalue weighted by atomic mass is 32.2. The van der Waals surface area contributed by atoms with Crippen molar-refractivity contribution in [3.63, 3.8) is 0 Å². The van der Waals surface area contributed by atoms with E-state index in [0.717, 1.165) is 12.0 Å². The number of rotatable bonds is 8. The fourth-order valence-corrected chi connectivity index (χ4v) is 7.06. The Balaban J connectivity index is 1.54. The van der Waals surface area contributed by atoms with Gasteiger partial charge >= 0.3 is 6.09 Å². The molecular formula is C32H40N4O6S. The van der Waals surface area contributed by atoms with Crippen LogP contribution in [0.3, 0.4) is 0 Å². The smallest absolute Gasteiger partial charge is 0.405 e. The number of benzene rings is 3. The summed E-state index contributed by atoms with van der Waals surface area (Å²) in [6, 6.07) is 16.9. The number of carbonyl (C=O) groups excluding carboxylic acids is 3. The zero-order valence-electron chi connectivity index (χ0n) is 25.2. The van der Waals surface area contributed by atoms with Gasteiger partial charge in [-0.15, -0.1) is 0 Å². The standard InChI is InChI=1S/C32H40N4O6S/c1-20-11-6-7-13-23(20)29(37)34-26-16-17-27(25-15-9-8-14-24(25)26)43(40,41)35-21(2)22-12-10-18-36(19-22)30(38)28(32(3,4)5)42-31(33)39/h6-9,11,13-17,21-22,28,35H,10,12,18-19H2,1-5H3,(H2,33,39)(H,34,37). The van der Waals surface area contributed by atoms with Crippen molar-refractivity contribution in [2.24, 2.45) is 17.1 Å². The maximum Gasteiger partial charge on any atom is 0.405 e. The number of aryl methyl sites for hydroxylation is 1. The first-order valence-electron chi connectivity index (χ1n) is 14.3. The van der Waals surface area contributed by atoms with E-state index in [9.17, 15) is 22.8 Å². The molecule has 3 aromatic rings. The first-order chi connectivity index (χ1) is 20.2. The largest absolute Gasteiger partial charge is 0.436 e. The zero-order chi connectivity index (χ0) is 31.5. The normalized spacial score (nSPS) is 17.2. The van der Waals surface area contributed by atoms with Gasteiger partial charge in [0, 0.05) is 46.6 Å². The van der Waals surface area contributed by atoms with E-state index in [1.807, 2.05) is 19.1 Å².